The van der Waals surface area contributed by atoms with E-state index >= 15 is 0 Å². The summed E-state index contributed by atoms with van der Waals surface area (Å²) in [7, 11) is 0. The van der Waals surface area contributed by atoms with E-state index in [0.717, 1.165) is 11.3 Å². The van der Waals surface area contributed by atoms with Crippen LogP contribution in [0.15, 0.2) is 10.5 Å². The maximum Gasteiger partial charge on any atom is 0.407 e. The zero-order chi connectivity index (χ0) is 19.0. The Balaban J connectivity index is 2.63. The molecule has 0 aromatic carbocycles. The number of ether oxygens (including phenoxy) is 1. The first-order valence-corrected chi connectivity index (χ1v) is 8.10. The van der Waals surface area contributed by atoms with E-state index in [-0.39, 0.29) is 17.4 Å². The molecule has 0 fully saturated rings. The van der Waals surface area contributed by atoms with Gasteiger partial charge in [0, 0.05) is 5.38 Å². The predicted octanol–water partition coefficient (Wildman–Crippen LogP) is 1.43. The minimum absolute atomic E-state index is 0.0501. The zero-order valence-corrected chi connectivity index (χ0v) is 15.0. The fourth-order valence-corrected chi connectivity index (χ4v) is 2.07. The molecule has 0 unspecified atom stereocenters. The van der Waals surface area contributed by atoms with Crippen LogP contribution in [0.25, 0.3) is 0 Å². The Hall–Kier alpha value is -2.69. The number of rotatable bonds is 8. The summed E-state index contributed by atoms with van der Waals surface area (Å²) >= 11 is 1.05. The minimum Gasteiger partial charge on any atom is -0.476 e. The Morgan fingerprint density at radius 2 is 2.16 bits per heavy atom. The number of carbonyl (C=O) groups is 3. The highest BCUT2D eigenvalue weighted by Crippen LogP contribution is 2.15. The molecule has 0 saturated carbocycles. The van der Waals surface area contributed by atoms with Gasteiger partial charge in [-0.05, 0) is 27.7 Å². The van der Waals surface area contributed by atoms with Crippen LogP contribution in [0.4, 0.5) is 9.93 Å². The number of amides is 2. The van der Waals surface area contributed by atoms with Gasteiger partial charge in [0.2, 0.25) is 12.1 Å². The molecule has 1 atom stereocenters. The Morgan fingerprint density at radius 3 is 2.72 bits per heavy atom. The number of aliphatic carboxylic acids is 1. The first kappa shape index (κ1) is 20.4. The largest absolute Gasteiger partial charge is 0.476 e. The van der Waals surface area contributed by atoms with Crippen molar-refractivity contribution in [3.05, 3.63) is 11.1 Å². The summed E-state index contributed by atoms with van der Waals surface area (Å²) in [6.07, 6.45) is -0.788. The van der Waals surface area contributed by atoms with Crippen LogP contribution in [0.5, 0.6) is 0 Å². The molecule has 0 spiro atoms. The molecule has 10 nitrogen and oxygen atoms in total. The van der Waals surface area contributed by atoms with Gasteiger partial charge in [0.15, 0.2) is 5.13 Å². The minimum atomic E-state index is -1.34. The summed E-state index contributed by atoms with van der Waals surface area (Å²) in [6.45, 7) is 6.87. The van der Waals surface area contributed by atoms with Gasteiger partial charge in [0.1, 0.15) is 17.4 Å². The van der Waals surface area contributed by atoms with Crippen molar-refractivity contribution in [3.8, 4) is 0 Å². The fraction of sp³-hybridized carbons (Fsp3) is 0.500. The number of alkyl carbamates (subject to hydrolysis) is 1. The van der Waals surface area contributed by atoms with Crippen molar-refractivity contribution in [2.45, 2.75) is 39.4 Å². The van der Waals surface area contributed by atoms with Crippen molar-refractivity contribution in [2.24, 2.45) is 5.16 Å². The summed E-state index contributed by atoms with van der Waals surface area (Å²) in [6, 6.07) is 0. The molecular weight excluding hydrogens is 352 g/mol. The fourth-order valence-electron chi connectivity index (χ4n) is 1.42. The first-order chi connectivity index (χ1) is 11.6. The number of oxime groups is 1. The molecule has 0 aliphatic carbocycles. The van der Waals surface area contributed by atoms with E-state index in [4.69, 9.17) is 9.57 Å². The van der Waals surface area contributed by atoms with Crippen LogP contribution in [0.3, 0.4) is 0 Å². The Labute approximate surface area is 148 Å². The first-order valence-electron chi connectivity index (χ1n) is 7.22. The van der Waals surface area contributed by atoms with E-state index in [1.165, 1.54) is 5.38 Å². The van der Waals surface area contributed by atoms with Crippen LogP contribution in [-0.4, -0.2) is 52.5 Å². The van der Waals surface area contributed by atoms with Gasteiger partial charge in [-0.3, -0.25) is 4.79 Å². The topological polar surface area (TPSA) is 139 Å². The van der Waals surface area contributed by atoms with Gasteiger partial charge in [0.25, 0.3) is 0 Å². The van der Waals surface area contributed by atoms with Gasteiger partial charge < -0.3 is 25.3 Å². The number of carbonyl (C=O) groups excluding carboxylic acids is 2. The number of nitrogens with one attached hydrogen (secondary N) is 2. The van der Waals surface area contributed by atoms with E-state index in [1.54, 1.807) is 27.7 Å². The van der Waals surface area contributed by atoms with Crippen LogP contribution in [0, 0.1) is 0 Å². The van der Waals surface area contributed by atoms with E-state index in [9.17, 15) is 19.5 Å². The van der Waals surface area contributed by atoms with Crippen molar-refractivity contribution in [1.29, 1.82) is 0 Å². The van der Waals surface area contributed by atoms with Gasteiger partial charge in [-0.1, -0.05) is 5.16 Å². The summed E-state index contributed by atoms with van der Waals surface area (Å²) in [4.78, 5) is 42.2. The van der Waals surface area contributed by atoms with Gasteiger partial charge in [-0.15, -0.1) is 11.3 Å². The van der Waals surface area contributed by atoms with E-state index in [2.05, 4.69) is 20.8 Å². The van der Waals surface area contributed by atoms with Crippen LogP contribution >= 0.6 is 11.3 Å². The average molecular weight is 372 g/mol. The lowest BCUT2D eigenvalue weighted by atomic mass is 10.2. The zero-order valence-electron chi connectivity index (χ0n) is 14.2. The number of aromatic nitrogens is 1. The lowest BCUT2D eigenvalue weighted by Gasteiger charge is -2.20. The maximum atomic E-state index is 11.5. The van der Waals surface area contributed by atoms with E-state index < -0.39 is 29.5 Å². The quantitative estimate of drug-likeness (QED) is 0.356. The smallest absolute Gasteiger partial charge is 0.407 e. The second-order valence-corrected chi connectivity index (χ2v) is 6.70. The molecule has 1 rings (SSSR count). The number of hydrogen-bond donors (Lipinski definition) is 3. The predicted molar refractivity (Wildman–Crippen MR) is 90.8 cm³/mol. The number of carboxylic acids is 1. The van der Waals surface area contributed by atoms with Crippen LogP contribution < -0.4 is 10.6 Å². The van der Waals surface area contributed by atoms with Crippen molar-refractivity contribution < 1.29 is 29.1 Å². The summed E-state index contributed by atoms with van der Waals surface area (Å²) in [5, 5.41) is 19.2. The van der Waals surface area contributed by atoms with Gasteiger partial charge >= 0.3 is 12.1 Å². The lowest BCUT2D eigenvalue weighted by molar-refractivity contribution is -0.129. The van der Waals surface area contributed by atoms with Crippen LogP contribution in [0.2, 0.25) is 0 Å². The molecule has 1 aromatic heterocycles. The van der Waals surface area contributed by atoms with E-state index in [1.807, 2.05) is 0 Å². The number of thiazole rings is 1. The molecule has 0 radical (unpaired) electrons. The number of nitrogens with zero attached hydrogens (tertiary/aromatic N) is 2. The summed E-state index contributed by atoms with van der Waals surface area (Å²) < 4.78 is 5.07. The normalized spacial score (nSPS) is 12.9. The van der Waals surface area contributed by atoms with Crippen molar-refractivity contribution in [1.82, 2.24) is 10.3 Å². The third-order valence-corrected chi connectivity index (χ3v) is 3.16. The molecule has 0 saturated heterocycles. The third-order valence-electron chi connectivity index (χ3n) is 2.39. The van der Waals surface area contributed by atoms with Crippen molar-refractivity contribution in [2.75, 3.05) is 11.9 Å². The van der Waals surface area contributed by atoms with Crippen LogP contribution in [0.1, 0.15) is 33.4 Å². The molecule has 0 aliphatic heterocycles. The second-order valence-electron chi connectivity index (χ2n) is 5.84. The van der Waals surface area contributed by atoms with Gasteiger partial charge in [-0.25, -0.2) is 14.6 Å². The second kappa shape index (κ2) is 8.97. The molecule has 2 amide bonds. The monoisotopic (exact) mass is 372 g/mol. The standard InChI is InChI=1S/C14H20N4O6S/c1-8(5-15-13(22)23-14(2,3)4)24-18-10(11(20)21)9-6-25-12(17-9)16-7-19/h6-8H,5H2,1-4H3,(H,15,22)(H,20,21)(H,16,17,19)/b18-10+/t8-/m0/s1. The highest BCUT2D eigenvalue weighted by atomic mass is 32.1. The van der Waals surface area contributed by atoms with Crippen molar-refractivity contribution in [3.63, 3.8) is 0 Å². The molecular formula is C14H20N4O6S. The molecule has 25 heavy (non-hydrogen) atoms. The Bertz CT molecular complexity index is 652. The molecule has 3 N–H and O–H groups in total. The van der Waals surface area contributed by atoms with Crippen molar-refractivity contribution >= 4 is 40.7 Å². The van der Waals surface area contributed by atoms with E-state index in [0.29, 0.717) is 6.41 Å². The molecule has 1 heterocycles. The SMILES string of the molecule is C[C@@H](CNC(=O)OC(C)(C)C)O/N=C(/C(=O)O)c1csc(NC=O)n1. The van der Waals surface area contributed by atoms with Crippen LogP contribution in [-0.2, 0) is 19.2 Å². The highest BCUT2D eigenvalue weighted by Gasteiger charge is 2.19. The Kier molecular flexibility index (Phi) is 7.30. The summed E-state index contributed by atoms with van der Waals surface area (Å²) in [5.74, 6) is -1.34. The summed E-state index contributed by atoms with van der Waals surface area (Å²) in [5.41, 5.74) is -0.991. The number of carboxylic acid groups (broad SMARTS) is 1. The lowest BCUT2D eigenvalue weighted by Crippen LogP contribution is -2.36. The molecule has 0 aliphatic rings. The number of anilines is 1. The average Bonchev–Trinajstić information content (AvgIpc) is 2.92. The molecule has 138 valence electrons. The highest BCUT2D eigenvalue weighted by molar-refractivity contribution is 7.14. The number of hydrogen-bond acceptors (Lipinski definition) is 8. The Morgan fingerprint density at radius 1 is 1.48 bits per heavy atom. The molecule has 11 heteroatoms. The maximum absolute atomic E-state index is 11.5. The van der Waals surface area contributed by atoms with Gasteiger partial charge in [-0.2, -0.15) is 0 Å². The third kappa shape index (κ3) is 7.61. The molecule has 0 bridgehead atoms. The van der Waals surface area contributed by atoms with Gasteiger partial charge in [0.05, 0.1) is 6.54 Å². The molecule has 1 aromatic rings.